The van der Waals surface area contributed by atoms with Crippen molar-refractivity contribution >= 4 is 6.09 Å². The number of hydrogen-bond donors (Lipinski definition) is 0. The SMILES string of the molecule is CC(C)c1cccc(OC(=O)n2cccc2)c1. The van der Waals surface area contributed by atoms with Gasteiger partial charge in [-0.25, -0.2) is 4.79 Å². The summed E-state index contributed by atoms with van der Waals surface area (Å²) in [5, 5.41) is 0. The minimum atomic E-state index is -0.393. The zero-order valence-electron chi connectivity index (χ0n) is 9.96. The summed E-state index contributed by atoms with van der Waals surface area (Å²) in [4.78, 5) is 11.7. The molecule has 0 saturated heterocycles. The van der Waals surface area contributed by atoms with Crippen LogP contribution in [-0.4, -0.2) is 10.7 Å². The van der Waals surface area contributed by atoms with Crippen LogP contribution in [0.4, 0.5) is 4.79 Å². The molecule has 0 aliphatic heterocycles. The van der Waals surface area contributed by atoms with Crippen LogP contribution in [0.5, 0.6) is 5.75 Å². The van der Waals surface area contributed by atoms with Crippen LogP contribution in [0.15, 0.2) is 48.8 Å². The molecule has 2 rings (SSSR count). The Morgan fingerprint density at radius 3 is 2.53 bits per heavy atom. The van der Waals surface area contributed by atoms with Gasteiger partial charge in [0.05, 0.1) is 0 Å². The Labute approximate surface area is 101 Å². The molecule has 1 aromatic carbocycles. The minimum Gasteiger partial charge on any atom is -0.410 e. The highest BCUT2D eigenvalue weighted by Gasteiger charge is 2.07. The van der Waals surface area contributed by atoms with Crippen LogP contribution in [0.1, 0.15) is 25.3 Å². The fourth-order valence-corrected chi connectivity index (χ4v) is 1.55. The fraction of sp³-hybridized carbons (Fsp3) is 0.214. The molecule has 0 atom stereocenters. The molecule has 17 heavy (non-hydrogen) atoms. The number of carbonyl (C=O) groups excluding carboxylic acids is 1. The van der Waals surface area contributed by atoms with Gasteiger partial charge in [-0.3, -0.25) is 4.57 Å². The first-order valence-corrected chi connectivity index (χ1v) is 5.62. The highest BCUT2D eigenvalue weighted by atomic mass is 16.6. The van der Waals surface area contributed by atoms with Gasteiger partial charge in [-0.1, -0.05) is 26.0 Å². The zero-order valence-corrected chi connectivity index (χ0v) is 9.96. The van der Waals surface area contributed by atoms with Crippen LogP contribution < -0.4 is 4.74 Å². The smallest absolute Gasteiger partial charge is 0.410 e. The van der Waals surface area contributed by atoms with Gasteiger partial charge in [-0.15, -0.1) is 0 Å². The molecule has 0 radical (unpaired) electrons. The van der Waals surface area contributed by atoms with E-state index in [1.165, 1.54) is 4.57 Å². The molecule has 3 nitrogen and oxygen atoms in total. The molecule has 0 fully saturated rings. The molecular weight excluding hydrogens is 214 g/mol. The lowest BCUT2D eigenvalue weighted by Crippen LogP contribution is -2.14. The van der Waals surface area contributed by atoms with Crippen LogP contribution in [0.3, 0.4) is 0 Å². The largest absolute Gasteiger partial charge is 0.423 e. The Morgan fingerprint density at radius 2 is 1.88 bits per heavy atom. The number of rotatable bonds is 2. The molecule has 0 N–H and O–H groups in total. The van der Waals surface area contributed by atoms with Gasteiger partial charge >= 0.3 is 6.09 Å². The van der Waals surface area contributed by atoms with Gasteiger partial charge in [0.25, 0.3) is 0 Å². The summed E-state index contributed by atoms with van der Waals surface area (Å²) in [5.41, 5.74) is 1.16. The molecule has 0 spiro atoms. The van der Waals surface area contributed by atoms with Crippen molar-refractivity contribution in [1.82, 2.24) is 4.57 Å². The topological polar surface area (TPSA) is 31.2 Å². The molecular formula is C14H15NO2. The summed E-state index contributed by atoms with van der Waals surface area (Å²) >= 11 is 0. The van der Waals surface area contributed by atoms with Gasteiger partial charge in [-0.2, -0.15) is 0 Å². The molecule has 0 aliphatic rings. The monoisotopic (exact) mass is 229 g/mol. The number of benzene rings is 1. The molecule has 3 heteroatoms. The van der Waals surface area contributed by atoms with E-state index >= 15 is 0 Å². The summed E-state index contributed by atoms with van der Waals surface area (Å²) in [5.74, 6) is 0.995. The third-order valence-electron chi connectivity index (χ3n) is 2.55. The van der Waals surface area contributed by atoms with Crippen molar-refractivity contribution in [3.63, 3.8) is 0 Å². The van der Waals surface area contributed by atoms with Gasteiger partial charge in [-0.05, 0) is 35.7 Å². The highest BCUT2D eigenvalue weighted by Crippen LogP contribution is 2.20. The van der Waals surface area contributed by atoms with E-state index in [-0.39, 0.29) is 0 Å². The van der Waals surface area contributed by atoms with Crippen LogP contribution >= 0.6 is 0 Å². The second-order valence-electron chi connectivity index (χ2n) is 4.19. The third-order valence-corrected chi connectivity index (χ3v) is 2.55. The fourth-order valence-electron chi connectivity index (χ4n) is 1.55. The van der Waals surface area contributed by atoms with Crippen molar-refractivity contribution in [1.29, 1.82) is 0 Å². The summed E-state index contributed by atoms with van der Waals surface area (Å²) in [6.45, 7) is 4.21. The number of nitrogens with zero attached hydrogens (tertiary/aromatic N) is 1. The van der Waals surface area contributed by atoms with E-state index in [9.17, 15) is 4.79 Å². The van der Waals surface area contributed by atoms with Gasteiger partial charge < -0.3 is 4.74 Å². The minimum absolute atomic E-state index is 0.393. The second kappa shape index (κ2) is 4.87. The molecule has 0 bridgehead atoms. The lowest BCUT2D eigenvalue weighted by molar-refractivity contribution is 0.202. The van der Waals surface area contributed by atoms with Gasteiger partial charge in [0.15, 0.2) is 0 Å². The maximum atomic E-state index is 11.7. The van der Waals surface area contributed by atoms with Crippen molar-refractivity contribution in [3.05, 3.63) is 54.4 Å². The highest BCUT2D eigenvalue weighted by molar-refractivity contribution is 5.73. The van der Waals surface area contributed by atoms with Crippen molar-refractivity contribution in [2.24, 2.45) is 0 Å². The van der Waals surface area contributed by atoms with E-state index in [0.29, 0.717) is 11.7 Å². The molecule has 88 valence electrons. The van der Waals surface area contributed by atoms with E-state index < -0.39 is 6.09 Å². The zero-order chi connectivity index (χ0) is 12.3. The van der Waals surface area contributed by atoms with E-state index in [1.54, 1.807) is 30.6 Å². The standard InChI is InChI=1S/C14H15NO2/c1-11(2)12-6-5-7-13(10-12)17-14(16)15-8-3-4-9-15/h3-11H,1-2H3. The number of aromatic nitrogens is 1. The average molecular weight is 229 g/mol. The first kappa shape index (κ1) is 11.5. The van der Waals surface area contributed by atoms with Crippen molar-refractivity contribution in [3.8, 4) is 5.75 Å². The summed E-state index contributed by atoms with van der Waals surface area (Å²) in [7, 11) is 0. The molecule has 0 unspecified atom stereocenters. The van der Waals surface area contributed by atoms with Crippen molar-refractivity contribution < 1.29 is 9.53 Å². The molecule has 2 aromatic rings. The summed E-state index contributed by atoms with van der Waals surface area (Å²) in [6, 6.07) is 11.2. The van der Waals surface area contributed by atoms with Gasteiger partial charge in [0.2, 0.25) is 0 Å². The lowest BCUT2D eigenvalue weighted by atomic mass is 10.0. The Hall–Kier alpha value is -2.03. The summed E-state index contributed by atoms with van der Waals surface area (Å²) in [6.07, 6.45) is 2.93. The predicted octanol–water partition coefficient (Wildman–Crippen LogP) is 3.66. The molecule has 0 amide bonds. The normalized spacial score (nSPS) is 10.5. The summed E-state index contributed by atoms with van der Waals surface area (Å²) < 4.78 is 6.68. The van der Waals surface area contributed by atoms with E-state index in [4.69, 9.17) is 4.74 Å². The number of hydrogen-bond acceptors (Lipinski definition) is 2. The average Bonchev–Trinajstić information content (AvgIpc) is 2.82. The van der Waals surface area contributed by atoms with Crippen LogP contribution in [0, 0.1) is 0 Å². The first-order chi connectivity index (χ1) is 8.16. The maximum Gasteiger partial charge on any atom is 0.423 e. The Bertz CT molecular complexity index is 501. The Morgan fingerprint density at radius 1 is 1.18 bits per heavy atom. The van der Waals surface area contributed by atoms with E-state index in [0.717, 1.165) is 5.56 Å². The number of ether oxygens (including phenoxy) is 1. The number of carbonyl (C=O) groups is 1. The van der Waals surface area contributed by atoms with Crippen LogP contribution in [-0.2, 0) is 0 Å². The van der Waals surface area contributed by atoms with E-state index in [2.05, 4.69) is 13.8 Å². The predicted molar refractivity (Wildman–Crippen MR) is 66.4 cm³/mol. The Kier molecular flexibility index (Phi) is 3.28. The van der Waals surface area contributed by atoms with Gasteiger partial charge in [0, 0.05) is 12.4 Å². The van der Waals surface area contributed by atoms with Crippen LogP contribution in [0.25, 0.3) is 0 Å². The van der Waals surface area contributed by atoms with Crippen molar-refractivity contribution in [2.45, 2.75) is 19.8 Å². The lowest BCUT2D eigenvalue weighted by Gasteiger charge is -2.08. The molecule has 0 aliphatic carbocycles. The molecule has 1 aromatic heterocycles. The van der Waals surface area contributed by atoms with E-state index in [1.807, 2.05) is 18.2 Å². The van der Waals surface area contributed by atoms with Crippen LogP contribution in [0.2, 0.25) is 0 Å². The quantitative estimate of drug-likeness (QED) is 0.787. The van der Waals surface area contributed by atoms with Crippen molar-refractivity contribution in [2.75, 3.05) is 0 Å². The third kappa shape index (κ3) is 2.75. The Balaban J connectivity index is 2.14. The first-order valence-electron chi connectivity index (χ1n) is 5.62. The molecule has 0 saturated carbocycles. The molecule has 1 heterocycles. The maximum absolute atomic E-state index is 11.7. The second-order valence-corrected chi connectivity index (χ2v) is 4.19. The van der Waals surface area contributed by atoms with Gasteiger partial charge in [0.1, 0.15) is 5.75 Å².